The fraction of sp³-hybridized carbons (Fsp3) is 0.936. The minimum atomic E-state index is -1.98. The Balaban J connectivity index is 1.39. The molecule has 0 aromatic heterocycles. The Morgan fingerprint density at radius 1 is 0.361 bits per heavy atom. The lowest BCUT2D eigenvalue weighted by atomic mass is 9.96. The zero-order valence-electron chi connectivity index (χ0n) is 61.1. The minimum Gasteiger partial charge on any atom is -0.394 e. The van der Waals surface area contributed by atoms with E-state index in [4.69, 9.17) is 28.4 Å². The van der Waals surface area contributed by atoms with Crippen molar-refractivity contribution >= 4 is 5.91 Å². The lowest BCUT2D eigenvalue weighted by Crippen LogP contribution is -2.66. The summed E-state index contributed by atoms with van der Waals surface area (Å²) in [5.41, 5.74) is 0. The monoisotopic (exact) mass is 1390 g/mol. The van der Waals surface area contributed by atoms with Gasteiger partial charge in [-0.1, -0.05) is 321 Å². The lowest BCUT2D eigenvalue weighted by molar-refractivity contribution is -0.379. The van der Waals surface area contributed by atoms with Crippen LogP contribution in [0.15, 0.2) is 24.3 Å². The Hall–Kier alpha value is -1.73. The van der Waals surface area contributed by atoms with Crippen LogP contribution in [-0.4, -0.2) is 193 Å². The number of nitrogens with one attached hydrogen (secondary N) is 1. The van der Waals surface area contributed by atoms with E-state index in [0.717, 1.165) is 38.5 Å². The number of aliphatic hydroxyl groups excluding tert-OH is 11. The number of amides is 1. The number of aliphatic hydroxyl groups is 11. The maximum atomic E-state index is 13.5. The number of unbranched alkanes of at least 4 members (excludes halogenated alkanes) is 46. The van der Waals surface area contributed by atoms with E-state index in [0.29, 0.717) is 12.8 Å². The van der Waals surface area contributed by atoms with Crippen LogP contribution < -0.4 is 5.32 Å². The van der Waals surface area contributed by atoms with Crippen LogP contribution in [0.1, 0.15) is 335 Å². The van der Waals surface area contributed by atoms with Crippen molar-refractivity contribution in [1.29, 1.82) is 0 Å². The highest BCUT2D eigenvalue weighted by Gasteiger charge is 2.54. The van der Waals surface area contributed by atoms with E-state index in [1.165, 1.54) is 263 Å². The Labute approximate surface area is 588 Å². The van der Waals surface area contributed by atoms with E-state index in [2.05, 4.69) is 31.3 Å². The number of hydrogen-bond acceptors (Lipinski definition) is 18. The number of carbonyl (C=O) groups is 1. The summed E-state index contributed by atoms with van der Waals surface area (Å²) < 4.78 is 34.4. The van der Waals surface area contributed by atoms with Crippen LogP contribution >= 0.6 is 0 Å². The molecule has 0 aliphatic carbocycles. The van der Waals surface area contributed by atoms with E-state index in [-0.39, 0.29) is 18.9 Å². The zero-order valence-corrected chi connectivity index (χ0v) is 61.1. The van der Waals surface area contributed by atoms with Gasteiger partial charge >= 0.3 is 0 Å². The third-order valence-corrected chi connectivity index (χ3v) is 20.3. The normalized spacial score (nSPS) is 27.0. The summed E-state index contributed by atoms with van der Waals surface area (Å²) in [6.07, 6.45) is 44.6. The van der Waals surface area contributed by atoms with E-state index in [1.807, 2.05) is 6.08 Å². The predicted octanol–water partition coefficient (Wildman–Crippen LogP) is 13.0. The fourth-order valence-electron chi connectivity index (χ4n) is 13.8. The lowest BCUT2D eigenvalue weighted by Gasteiger charge is -2.48. The Bertz CT molecular complexity index is 1850. The summed E-state index contributed by atoms with van der Waals surface area (Å²) in [6.45, 7) is 1.78. The third kappa shape index (κ3) is 40.2. The van der Waals surface area contributed by atoms with Gasteiger partial charge in [-0.05, 0) is 32.1 Å². The summed E-state index contributed by atoms with van der Waals surface area (Å²) in [4.78, 5) is 13.5. The largest absolute Gasteiger partial charge is 0.394 e. The third-order valence-electron chi connectivity index (χ3n) is 20.3. The number of hydrogen-bond donors (Lipinski definition) is 12. The first kappa shape index (κ1) is 89.5. The molecule has 3 heterocycles. The number of carbonyl (C=O) groups excluding carboxylic acids is 1. The molecular weight excluding hydrogens is 1240 g/mol. The van der Waals surface area contributed by atoms with Crippen LogP contribution in [-0.2, 0) is 33.2 Å². The highest BCUT2D eigenvalue weighted by Crippen LogP contribution is 2.33. The van der Waals surface area contributed by atoms with Gasteiger partial charge < -0.3 is 89.9 Å². The van der Waals surface area contributed by atoms with Gasteiger partial charge in [0.1, 0.15) is 73.2 Å². The molecule has 17 unspecified atom stereocenters. The number of ether oxygens (including phenoxy) is 6. The molecule has 1 amide bonds. The van der Waals surface area contributed by atoms with Crippen LogP contribution in [0.5, 0.6) is 0 Å². The summed E-state index contributed by atoms with van der Waals surface area (Å²) >= 11 is 0. The second-order valence-electron chi connectivity index (χ2n) is 28.9. The van der Waals surface area contributed by atoms with Crippen molar-refractivity contribution in [3.05, 3.63) is 24.3 Å². The molecule has 3 saturated heterocycles. The molecule has 12 N–H and O–H groups in total. The molecule has 572 valence electrons. The summed E-state index contributed by atoms with van der Waals surface area (Å²) in [5, 5.41) is 121. The molecule has 3 fully saturated rings. The number of allylic oxidation sites excluding steroid dienone is 3. The molecule has 3 aliphatic rings. The Morgan fingerprint density at radius 2 is 0.660 bits per heavy atom. The van der Waals surface area contributed by atoms with Gasteiger partial charge in [-0.15, -0.1) is 0 Å². The van der Waals surface area contributed by atoms with Gasteiger partial charge in [-0.2, -0.15) is 0 Å². The van der Waals surface area contributed by atoms with E-state index in [1.54, 1.807) is 6.08 Å². The van der Waals surface area contributed by atoms with Gasteiger partial charge in [-0.3, -0.25) is 4.79 Å². The van der Waals surface area contributed by atoms with Crippen LogP contribution in [0, 0.1) is 0 Å². The van der Waals surface area contributed by atoms with Crippen molar-refractivity contribution in [1.82, 2.24) is 5.32 Å². The quantitative estimate of drug-likeness (QED) is 0.0199. The Kier molecular flexibility index (Phi) is 55.0. The summed E-state index contributed by atoms with van der Waals surface area (Å²) in [6, 6.07) is -0.988. The zero-order chi connectivity index (χ0) is 70.4. The van der Waals surface area contributed by atoms with Gasteiger partial charge in [0.25, 0.3) is 0 Å². The topological polar surface area (TPSA) is 307 Å². The van der Waals surface area contributed by atoms with E-state index < -0.39 is 124 Å². The maximum Gasteiger partial charge on any atom is 0.220 e. The first-order chi connectivity index (χ1) is 47.3. The highest BCUT2D eigenvalue weighted by molar-refractivity contribution is 5.76. The van der Waals surface area contributed by atoms with Crippen molar-refractivity contribution in [3.63, 3.8) is 0 Å². The Morgan fingerprint density at radius 3 is 1.03 bits per heavy atom. The van der Waals surface area contributed by atoms with Gasteiger partial charge in [0.15, 0.2) is 18.9 Å². The maximum absolute atomic E-state index is 13.5. The van der Waals surface area contributed by atoms with Crippen molar-refractivity contribution in [2.24, 2.45) is 0 Å². The smallest absolute Gasteiger partial charge is 0.220 e. The van der Waals surface area contributed by atoms with Crippen molar-refractivity contribution in [2.75, 3.05) is 26.4 Å². The van der Waals surface area contributed by atoms with E-state index >= 15 is 0 Å². The second kappa shape index (κ2) is 59.6. The van der Waals surface area contributed by atoms with Crippen molar-refractivity contribution in [2.45, 2.75) is 439 Å². The van der Waals surface area contributed by atoms with Crippen molar-refractivity contribution < 1.29 is 89.4 Å². The first-order valence-corrected chi connectivity index (χ1v) is 40.1. The second-order valence-corrected chi connectivity index (χ2v) is 28.9. The van der Waals surface area contributed by atoms with Gasteiger partial charge in [0.2, 0.25) is 5.91 Å². The van der Waals surface area contributed by atoms with Crippen molar-refractivity contribution in [3.8, 4) is 0 Å². The van der Waals surface area contributed by atoms with Crippen LogP contribution in [0.25, 0.3) is 0 Å². The first-order valence-electron chi connectivity index (χ1n) is 40.1. The fourth-order valence-corrected chi connectivity index (χ4v) is 13.8. The predicted molar refractivity (Wildman–Crippen MR) is 383 cm³/mol. The standard InChI is InChI=1S/C78H147NO18/c1-3-5-7-9-11-13-15-17-19-21-23-25-27-28-29-30-31-32-34-35-37-39-41-43-45-47-49-51-53-55-62(83)61(79-66(84)56-54-52-50-48-46-44-42-40-38-36-33-26-24-22-20-18-16-14-12-10-8-6-4-2)60-92-76-72(90)69(87)74(64(58-81)94-76)97-78-73(91)70(88)75(65(59-82)95-78)96-77-71(89)68(86)67(85)63(57-80)93-77/h45,47,53,55,61-65,67-78,80-83,85-91H,3-44,46,48-52,54,56-60H2,1-2H3,(H,79,84)/b47-45+,55-53+. The molecule has 3 aliphatic heterocycles. The van der Waals surface area contributed by atoms with Crippen LogP contribution in [0.4, 0.5) is 0 Å². The highest BCUT2D eigenvalue weighted by atomic mass is 16.8. The molecular formula is C78H147NO18. The van der Waals surface area contributed by atoms with Crippen LogP contribution in [0.2, 0.25) is 0 Å². The molecule has 0 saturated carbocycles. The van der Waals surface area contributed by atoms with Gasteiger partial charge in [0, 0.05) is 6.42 Å². The molecule has 0 bridgehead atoms. The summed E-state index contributed by atoms with van der Waals surface area (Å²) in [7, 11) is 0. The molecule has 0 aromatic carbocycles. The van der Waals surface area contributed by atoms with Gasteiger partial charge in [-0.25, -0.2) is 0 Å². The van der Waals surface area contributed by atoms with E-state index in [9.17, 15) is 61.0 Å². The molecule has 0 radical (unpaired) electrons. The SMILES string of the molecule is CCCCCCCCCCCCCCCCCCCCCCCCC/C=C/CC/C=C/C(O)C(COC1OC(CO)C(OC2OC(CO)C(OC3OC(CO)C(O)C(O)C3O)C(O)C2O)C(O)C1O)NC(=O)CCCCCCCCCCCCCCCCCCCCCCCCC. The van der Waals surface area contributed by atoms with Crippen LogP contribution in [0.3, 0.4) is 0 Å². The molecule has 0 aromatic rings. The summed E-state index contributed by atoms with van der Waals surface area (Å²) in [5.74, 6) is -0.278. The molecule has 3 rings (SSSR count). The average molecular weight is 1390 g/mol. The molecule has 17 atom stereocenters. The number of rotatable bonds is 64. The molecule has 19 heteroatoms. The molecule has 19 nitrogen and oxygen atoms in total. The minimum absolute atomic E-state index is 0.241. The molecule has 0 spiro atoms. The molecule has 97 heavy (non-hydrogen) atoms. The van der Waals surface area contributed by atoms with Gasteiger partial charge in [0.05, 0.1) is 38.6 Å². The average Bonchev–Trinajstić information content (AvgIpc) is 0.789.